The molecule has 0 fully saturated rings. The molecular formula is C16H17N. The number of hydrogen-bond donors (Lipinski definition) is 0. The molecule has 2 aromatic carbocycles. The number of fused-ring (bicyclic) bond motifs is 1. The van der Waals surface area contributed by atoms with Gasteiger partial charge >= 0.3 is 0 Å². The van der Waals surface area contributed by atoms with Gasteiger partial charge in [0.25, 0.3) is 0 Å². The Balaban J connectivity index is 1.96. The summed E-state index contributed by atoms with van der Waals surface area (Å²) in [5.41, 5.74) is 5.57. The highest BCUT2D eigenvalue weighted by Crippen LogP contribution is 2.38. The van der Waals surface area contributed by atoms with Crippen LogP contribution >= 0.6 is 0 Å². The third-order valence-corrected chi connectivity index (χ3v) is 3.71. The van der Waals surface area contributed by atoms with Crippen LogP contribution < -0.4 is 4.90 Å². The number of nitrogens with zero attached hydrogens (tertiary/aromatic N) is 1. The van der Waals surface area contributed by atoms with Crippen LogP contribution in [0, 0.1) is 6.92 Å². The summed E-state index contributed by atoms with van der Waals surface area (Å²) in [6.07, 6.45) is 1.12. The van der Waals surface area contributed by atoms with Crippen LogP contribution in [0.5, 0.6) is 0 Å². The molecule has 0 saturated heterocycles. The van der Waals surface area contributed by atoms with Gasteiger partial charge in [0.05, 0.1) is 6.04 Å². The van der Waals surface area contributed by atoms with E-state index in [-0.39, 0.29) is 0 Å². The van der Waals surface area contributed by atoms with Crippen LogP contribution in [-0.4, -0.2) is 7.05 Å². The summed E-state index contributed by atoms with van der Waals surface area (Å²) < 4.78 is 0. The van der Waals surface area contributed by atoms with E-state index in [1.54, 1.807) is 0 Å². The zero-order chi connectivity index (χ0) is 11.8. The Bertz CT molecular complexity index is 527. The summed E-state index contributed by atoms with van der Waals surface area (Å²) in [7, 11) is 2.19. The van der Waals surface area contributed by atoms with E-state index in [2.05, 4.69) is 67.4 Å². The normalized spacial score (nSPS) is 18.2. The fraction of sp³-hybridized carbons (Fsp3) is 0.250. The summed E-state index contributed by atoms with van der Waals surface area (Å²) >= 11 is 0. The van der Waals surface area contributed by atoms with E-state index in [0.29, 0.717) is 6.04 Å². The second-order valence-electron chi connectivity index (χ2n) is 4.87. The Hall–Kier alpha value is -1.76. The van der Waals surface area contributed by atoms with E-state index in [9.17, 15) is 0 Å². The molecule has 1 atom stereocenters. The molecule has 86 valence electrons. The first-order valence-corrected chi connectivity index (χ1v) is 6.13. The lowest BCUT2D eigenvalue weighted by Gasteiger charge is -2.23. The van der Waals surface area contributed by atoms with Gasteiger partial charge in [0.2, 0.25) is 0 Å². The van der Waals surface area contributed by atoms with E-state index in [1.807, 2.05) is 0 Å². The van der Waals surface area contributed by atoms with Gasteiger partial charge < -0.3 is 4.90 Å². The summed E-state index contributed by atoms with van der Waals surface area (Å²) in [4.78, 5) is 2.39. The SMILES string of the molecule is Cc1ccc(C2Cc3ccccc3N2C)cc1. The van der Waals surface area contributed by atoms with Crippen LogP contribution in [0.4, 0.5) is 5.69 Å². The molecule has 0 aromatic heterocycles. The maximum Gasteiger partial charge on any atom is 0.0580 e. The summed E-state index contributed by atoms with van der Waals surface area (Å²) in [6.45, 7) is 2.14. The number of likely N-dealkylation sites (N-methyl/N-ethyl adjacent to an activating group) is 1. The van der Waals surface area contributed by atoms with Crippen molar-refractivity contribution >= 4 is 5.69 Å². The molecule has 0 aliphatic carbocycles. The van der Waals surface area contributed by atoms with Gasteiger partial charge in [0.15, 0.2) is 0 Å². The van der Waals surface area contributed by atoms with Crippen LogP contribution in [0.1, 0.15) is 22.7 Å². The van der Waals surface area contributed by atoms with Gasteiger partial charge in [-0.05, 0) is 30.5 Å². The minimum absolute atomic E-state index is 0.494. The molecule has 17 heavy (non-hydrogen) atoms. The van der Waals surface area contributed by atoms with Crippen molar-refractivity contribution < 1.29 is 0 Å². The van der Waals surface area contributed by atoms with Crippen molar-refractivity contribution in [1.82, 2.24) is 0 Å². The quantitative estimate of drug-likeness (QED) is 0.712. The molecular weight excluding hydrogens is 206 g/mol. The zero-order valence-corrected chi connectivity index (χ0v) is 10.4. The number of para-hydroxylation sites is 1. The largest absolute Gasteiger partial charge is 0.367 e. The number of rotatable bonds is 1. The number of hydrogen-bond acceptors (Lipinski definition) is 1. The van der Waals surface area contributed by atoms with Crippen molar-refractivity contribution in [1.29, 1.82) is 0 Å². The van der Waals surface area contributed by atoms with Crippen LogP contribution in [0.25, 0.3) is 0 Å². The van der Waals surface area contributed by atoms with E-state index in [0.717, 1.165) is 6.42 Å². The highest BCUT2D eigenvalue weighted by molar-refractivity contribution is 5.60. The second-order valence-corrected chi connectivity index (χ2v) is 4.87. The Morgan fingerprint density at radius 1 is 1.00 bits per heavy atom. The van der Waals surface area contributed by atoms with Gasteiger partial charge in [-0.15, -0.1) is 0 Å². The maximum atomic E-state index is 2.39. The van der Waals surface area contributed by atoms with Gasteiger partial charge in [0.1, 0.15) is 0 Å². The van der Waals surface area contributed by atoms with E-state index < -0.39 is 0 Å². The van der Waals surface area contributed by atoms with Crippen LogP contribution in [0.2, 0.25) is 0 Å². The van der Waals surface area contributed by atoms with Crippen molar-refractivity contribution in [2.24, 2.45) is 0 Å². The van der Waals surface area contributed by atoms with Crippen LogP contribution in [0.15, 0.2) is 48.5 Å². The van der Waals surface area contributed by atoms with Crippen molar-refractivity contribution in [3.63, 3.8) is 0 Å². The predicted octanol–water partition coefficient (Wildman–Crippen LogP) is 3.73. The zero-order valence-electron chi connectivity index (χ0n) is 10.4. The Labute approximate surface area is 103 Å². The van der Waals surface area contributed by atoms with Crippen molar-refractivity contribution in [2.45, 2.75) is 19.4 Å². The first-order chi connectivity index (χ1) is 8.25. The van der Waals surface area contributed by atoms with Gasteiger partial charge in [-0.3, -0.25) is 0 Å². The molecule has 1 heterocycles. The second kappa shape index (κ2) is 3.92. The number of benzene rings is 2. The van der Waals surface area contributed by atoms with Crippen molar-refractivity contribution in [2.75, 3.05) is 11.9 Å². The molecule has 3 rings (SSSR count). The average Bonchev–Trinajstić information content (AvgIpc) is 2.69. The molecule has 0 bridgehead atoms. The Morgan fingerprint density at radius 3 is 2.41 bits per heavy atom. The third kappa shape index (κ3) is 1.72. The monoisotopic (exact) mass is 223 g/mol. The lowest BCUT2D eigenvalue weighted by atomic mass is 10.0. The van der Waals surface area contributed by atoms with Crippen molar-refractivity contribution in [3.8, 4) is 0 Å². The minimum Gasteiger partial charge on any atom is -0.367 e. The molecule has 1 unspecified atom stereocenters. The standard InChI is InChI=1S/C16H17N/c1-12-7-9-13(10-8-12)16-11-14-5-3-4-6-15(14)17(16)2/h3-10,16H,11H2,1-2H3. The van der Waals surface area contributed by atoms with E-state index >= 15 is 0 Å². The van der Waals surface area contributed by atoms with Gasteiger partial charge in [-0.2, -0.15) is 0 Å². The number of anilines is 1. The molecule has 0 spiro atoms. The molecule has 1 aliphatic heterocycles. The maximum absolute atomic E-state index is 2.39. The molecule has 2 aromatic rings. The van der Waals surface area contributed by atoms with Gasteiger partial charge in [-0.1, -0.05) is 48.0 Å². The first kappa shape index (κ1) is 10.4. The summed E-state index contributed by atoms with van der Waals surface area (Å²) in [5, 5.41) is 0. The van der Waals surface area contributed by atoms with E-state index in [1.165, 1.54) is 22.4 Å². The highest BCUT2D eigenvalue weighted by Gasteiger charge is 2.26. The molecule has 0 radical (unpaired) electrons. The van der Waals surface area contributed by atoms with E-state index in [4.69, 9.17) is 0 Å². The fourth-order valence-corrected chi connectivity index (χ4v) is 2.67. The van der Waals surface area contributed by atoms with Gasteiger partial charge in [-0.25, -0.2) is 0 Å². The fourth-order valence-electron chi connectivity index (χ4n) is 2.67. The minimum atomic E-state index is 0.494. The molecule has 0 N–H and O–H groups in total. The smallest absolute Gasteiger partial charge is 0.0580 e. The molecule has 0 amide bonds. The lowest BCUT2D eigenvalue weighted by molar-refractivity contribution is 0.716. The van der Waals surface area contributed by atoms with Crippen LogP contribution in [0.3, 0.4) is 0 Å². The van der Waals surface area contributed by atoms with Gasteiger partial charge in [0, 0.05) is 12.7 Å². The summed E-state index contributed by atoms with van der Waals surface area (Å²) in [6, 6.07) is 18.1. The Morgan fingerprint density at radius 2 is 1.71 bits per heavy atom. The predicted molar refractivity (Wildman–Crippen MR) is 72.5 cm³/mol. The Kier molecular flexibility index (Phi) is 2.40. The molecule has 1 heteroatoms. The van der Waals surface area contributed by atoms with Crippen molar-refractivity contribution in [3.05, 3.63) is 65.2 Å². The molecule has 1 aliphatic rings. The molecule has 0 saturated carbocycles. The highest BCUT2D eigenvalue weighted by atomic mass is 15.2. The molecule has 1 nitrogen and oxygen atoms in total. The number of aryl methyl sites for hydroxylation is 1. The first-order valence-electron chi connectivity index (χ1n) is 6.13. The average molecular weight is 223 g/mol. The van der Waals surface area contributed by atoms with Crippen LogP contribution in [-0.2, 0) is 6.42 Å². The summed E-state index contributed by atoms with van der Waals surface area (Å²) in [5.74, 6) is 0. The third-order valence-electron chi connectivity index (χ3n) is 3.71. The lowest BCUT2D eigenvalue weighted by Crippen LogP contribution is -2.19. The topological polar surface area (TPSA) is 3.24 Å².